The van der Waals surface area contributed by atoms with Crippen LogP contribution in [0.25, 0.3) is 0 Å². The van der Waals surface area contributed by atoms with Crippen LogP contribution in [0.3, 0.4) is 0 Å². The molecule has 1 aromatic heterocycles. The zero-order valence-electron chi connectivity index (χ0n) is 9.72. The maximum Gasteiger partial charge on any atom is 0.208 e. The molecule has 0 aliphatic carbocycles. The minimum atomic E-state index is 0.788. The second-order valence-electron chi connectivity index (χ2n) is 4.07. The van der Waals surface area contributed by atoms with E-state index in [2.05, 4.69) is 20.0 Å². The summed E-state index contributed by atoms with van der Waals surface area (Å²) in [7, 11) is 0. The Hall–Kier alpha value is -0.720. The van der Waals surface area contributed by atoms with Gasteiger partial charge < -0.3 is 10.6 Å². The Kier molecular flexibility index (Phi) is 4.09. The maximum atomic E-state index is 5.51. The van der Waals surface area contributed by atoms with Gasteiger partial charge in [0.1, 0.15) is 5.01 Å². The van der Waals surface area contributed by atoms with E-state index in [4.69, 9.17) is 5.73 Å². The third-order valence-corrected chi connectivity index (χ3v) is 3.74. The molecule has 0 amide bonds. The standard InChI is InChI=1S/C10H19N5S/c1-9-12-13-10(16-9)15-7-5-14(6-8-15)4-2-3-11/h2-8,11H2,1H3. The fourth-order valence-electron chi connectivity index (χ4n) is 1.89. The van der Waals surface area contributed by atoms with Crippen LogP contribution in [-0.2, 0) is 0 Å². The van der Waals surface area contributed by atoms with Crippen LogP contribution in [0.1, 0.15) is 11.4 Å². The van der Waals surface area contributed by atoms with Gasteiger partial charge in [-0.3, -0.25) is 4.90 Å². The predicted octanol–water partition coefficient (Wildman–Crippen LogP) is 0.317. The first-order chi connectivity index (χ1) is 7.79. The van der Waals surface area contributed by atoms with Gasteiger partial charge in [0, 0.05) is 26.2 Å². The van der Waals surface area contributed by atoms with Gasteiger partial charge in [-0.05, 0) is 26.4 Å². The highest BCUT2D eigenvalue weighted by Crippen LogP contribution is 2.20. The van der Waals surface area contributed by atoms with Gasteiger partial charge in [0.2, 0.25) is 5.13 Å². The highest BCUT2D eigenvalue weighted by molar-refractivity contribution is 7.15. The van der Waals surface area contributed by atoms with Gasteiger partial charge in [0.25, 0.3) is 0 Å². The number of anilines is 1. The lowest BCUT2D eigenvalue weighted by atomic mass is 10.3. The summed E-state index contributed by atoms with van der Waals surface area (Å²) in [5.41, 5.74) is 5.51. The third kappa shape index (κ3) is 2.90. The van der Waals surface area contributed by atoms with Crippen molar-refractivity contribution in [3.63, 3.8) is 0 Å². The Morgan fingerprint density at radius 3 is 2.56 bits per heavy atom. The Bertz CT molecular complexity index is 319. The molecule has 2 N–H and O–H groups in total. The molecule has 2 heterocycles. The number of aryl methyl sites for hydroxylation is 1. The van der Waals surface area contributed by atoms with Crippen molar-refractivity contribution in [3.05, 3.63) is 5.01 Å². The molecule has 90 valence electrons. The lowest BCUT2D eigenvalue weighted by Gasteiger charge is -2.34. The maximum absolute atomic E-state index is 5.51. The van der Waals surface area contributed by atoms with Crippen molar-refractivity contribution in [1.82, 2.24) is 15.1 Å². The summed E-state index contributed by atoms with van der Waals surface area (Å²) >= 11 is 1.68. The van der Waals surface area contributed by atoms with Gasteiger partial charge in [-0.2, -0.15) is 0 Å². The van der Waals surface area contributed by atoms with E-state index in [1.165, 1.54) is 0 Å². The fourth-order valence-corrected chi connectivity index (χ4v) is 2.63. The summed E-state index contributed by atoms with van der Waals surface area (Å²) in [5, 5.41) is 10.3. The monoisotopic (exact) mass is 241 g/mol. The van der Waals surface area contributed by atoms with Crippen LogP contribution in [0.2, 0.25) is 0 Å². The molecular weight excluding hydrogens is 222 g/mol. The zero-order valence-corrected chi connectivity index (χ0v) is 10.5. The van der Waals surface area contributed by atoms with Crippen molar-refractivity contribution < 1.29 is 0 Å². The molecule has 16 heavy (non-hydrogen) atoms. The lowest BCUT2D eigenvalue weighted by molar-refractivity contribution is 0.256. The van der Waals surface area contributed by atoms with E-state index < -0.39 is 0 Å². The largest absolute Gasteiger partial charge is 0.344 e. The first kappa shape index (κ1) is 11.8. The number of aromatic nitrogens is 2. The van der Waals surface area contributed by atoms with Crippen molar-refractivity contribution in [2.75, 3.05) is 44.2 Å². The summed E-state index contributed by atoms with van der Waals surface area (Å²) < 4.78 is 0. The smallest absolute Gasteiger partial charge is 0.208 e. The molecule has 0 spiro atoms. The lowest BCUT2D eigenvalue weighted by Crippen LogP contribution is -2.46. The van der Waals surface area contributed by atoms with E-state index >= 15 is 0 Å². The fraction of sp³-hybridized carbons (Fsp3) is 0.800. The van der Waals surface area contributed by atoms with Crippen molar-refractivity contribution in [3.8, 4) is 0 Å². The Morgan fingerprint density at radius 1 is 1.25 bits per heavy atom. The molecule has 1 aromatic rings. The summed E-state index contributed by atoms with van der Waals surface area (Å²) in [5.74, 6) is 0. The molecule has 0 atom stereocenters. The van der Waals surface area contributed by atoms with Crippen LogP contribution in [0.4, 0.5) is 5.13 Å². The number of piperazine rings is 1. The molecule has 6 heteroatoms. The van der Waals surface area contributed by atoms with Gasteiger partial charge in [-0.25, -0.2) is 0 Å². The highest BCUT2D eigenvalue weighted by Gasteiger charge is 2.18. The van der Waals surface area contributed by atoms with Gasteiger partial charge in [-0.15, -0.1) is 10.2 Å². The van der Waals surface area contributed by atoms with E-state index in [1.807, 2.05) is 6.92 Å². The van der Waals surface area contributed by atoms with Crippen molar-refractivity contribution in [1.29, 1.82) is 0 Å². The summed E-state index contributed by atoms with van der Waals surface area (Å²) in [6.45, 7) is 8.24. The molecule has 2 rings (SSSR count). The van der Waals surface area contributed by atoms with Crippen LogP contribution in [-0.4, -0.2) is 54.4 Å². The Morgan fingerprint density at radius 2 is 2.00 bits per heavy atom. The van der Waals surface area contributed by atoms with E-state index in [0.717, 1.165) is 55.8 Å². The van der Waals surface area contributed by atoms with E-state index in [1.54, 1.807) is 11.3 Å². The molecule has 0 aromatic carbocycles. The second-order valence-corrected chi connectivity index (χ2v) is 5.23. The number of nitrogens with two attached hydrogens (primary N) is 1. The van der Waals surface area contributed by atoms with E-state index in [9.17, 15) is 0 Å². The minimum Gasteiger partial charge on any atom is -0.344 e. The van der Waals surface area contributed by atoms with Crippen molar-refractivity contribution in [2.45, 2.75) is 13.3 Å². The number of hydrogen-bond donors (Lipinski definition) is 1. The average Bonchev–Trinajstić information content (AvgIpc) is 2.74. The topological polar surface area (TPSA) is 58.3 Å². The van der Waals surface area contributed by atoms with Crippen LogP contribution in [0.15, 0.2) is 0 Å². The SMILES string of the molecule is Cc1nnc(N2CCN(CCCN)CC2)s1. The third-order valence-electron chi connectivity index (χ3n) is 2.84. The van der Waals surface area contributed by atoms with Gasteiger partial charge >= 0.3 is 0 Å². The molecule has 5 nitrogen and oxygen atoms in total. The van der Waals surface area contributed by atoms with Crippen LogP contribution in [0.5, 0.6) is 0 Å². The molecule has 1 aliphatic rings. The summed E-state index contributed by atoms with van der Waals surface area (Å²) in [6.07, 6.45) is 1.10. The van der Waals surface area contributed by atoms with Crippen LogP contribution < -0.4 is 10.6 Å². The molecular formula is C10H19N5S. The van der Waals surface area contributed by atoms with Crippen LogP contribution >= 0.6 is 11.3 Å². The first-order valence-electron chi connectivity index (χ1n) is 5.77. The van der Waals surface area contributed by atoms with Crippen molar-refractivity contribution >= 4 is 16.5 Å². The zero-order chi connectivity index (χ0) is 11.4. The van der Waals surface area contributed by atoms with Crippen molar-refractivity contribution in [2.24, 2.45) is 5.73 Å². The van der Waals surface area contributed by atoms with E-state index in [-0.39, 0.29) is 0 Å². The normalized spacial score (nSPS) is 18.0. The Labute approximate surface area is 100 Å². The van der Waals surface area contributed by atoms with Crippen LogP contribution in [0, 0.1) is 6.92 Å². The Balaban J connectivity index is 1.81. The molecule has 0 unspecified atom stereocenters. The molecule has 0 saturated carbocycles. The molecule has 0 bridgehead atoms. The average molecular weight is 241 g/mol. The first-order valence-corrected chi connectivity index (χ1v) is 6.58. The molecule has 1 saturated heterocycles. The summed E-state index contributed by atoms with van der Waals surface area (Å²) in [6, 6.07) is 0. The van der Waals surface area contributed by atoms with Gasteiger partial charge in [0.05, 0.1) is 0 Å². The molecule has 1 fully saturated rings. The highest BCUT2D eigenvalue weighted by atomic mass is 32.1. The van der Waals surface area contributed by atoms with Gasteiger partial charge in [0.15, 0.2) is 0 Å². The number of rotatable bonds is 4. The number of nitrogens with zero attached hydrogens (tertiary/aromatic N) is 4. The molecule has 0 radical (unpaired) electrons. The predicted molar refractivity (Wildman–Crippen MR) is 67.0 cm³/mol. The van der Waals surface area contributed by atoms with E-state index in [0.29, 0.717) is 0 Å². The summed E-state index contributed by atoms with van der Waals surface area (Å²) in [4.78, 5) is 4.79. The number of hydrogen-bond acceptors (Lipinski definition) is 6. The molecule has 1 aliphatic heterocycles. The van der Waals surface area contributed by atoms with Gasteiger partial charge in [-0.1, -0.05) is 11.3 Å². The second kappa shape index (κ2) is 5.56. The minimum absolute atomic E-state index is 0.788. The quantitative estimate of drug-likeness (QED) is 0.822.